The zero-order valence-corrected chi connectivity index (χ0v) is 10.4. The predicted octanol–water partition coefficient (Wildman–Crippen LogP) is 2.90. The van der Waals surface area contributed by atoms with Gasteiger partial charge >= 0.3 is 6.18 Å². The van der Waals surface area contributed by atoms with E-state index in [-0.39, 0.29) is 16.8 Å². The fourth-order valence-corrected chi connectivity index (χ4v) is 2.14. The summed E-state index contributed by atoms with van der Waals surface area (Å²) in [6.07, 6.45) is -1.97. The summed E-state index contributed by atoms with van der Waals surface area (Å²) in [6, 6.07) is 5.45. The van der Waals surface area contributed by atoms with Crippen LogP contribution in [0.4, 0.5) is 18.9 Å². The van der Waals surface area contributed by atoms with E-state index in [2.05, 4.69) is 4.98 Å². The molecule has 1 aliphatic rings. The molecule has 0 radical (unpaired) electrons. The summed E-state index contributed by atoms with van der Waals surface area (Å²) < 4.78 is 38.1. The number of amides is 2. The Labute approximate surface area is 116 Å². The molecule has 7 heteroatoms. The van der Waals surface area contributed by atoms with Crippen molar-refractivity contribution >= 4 is 17.5 Å². The van der Waals surface area contributed by atoms with Crippen LogP contribution in [0.25, 0.3) is 0 Å². The summed E-state index contributed by atoms with van der Waals surface area (Å²) in [5.41, 5.74) is -0.821. The predicted molar refractivity (Wildman–Crippen MR) is 66.8 cm³/mol. The number of benzene rings is 1. The standard InChI is InChI=1S/C14H7F3N2O2/c15-14(16,17)8-2-1-3-9(6-8)19-12(20)10-4-5-18-7-11(10)13(19)21/h1-7H. The van der Waals surface area contributed by atoms with Gasteiger partial charge < -0.3 is 0 Å². The summed E-state index contributed by atoms with van der Waals surface area (Å²) in [5, 5.41) is 0. The first-order valence-electron chi connectivity index (χ1n) is 5.89. The highest BCUT2D eigenvalue weighted by molar-refractivity contribution is 6.34. The van der Waals surface area contributed by atoms with Crippen LogP contribution in [0.1, 0.15) is 26.3 Å². The number of halogens is 3. The number of anilines is 1. The van der Waals surface area contributed by atoms with E-state index in [1.807, 2.05) is 0 Å². The van der Waals surface area contributed by atoms with Crippen LogP contribution in [0.2, 0.25) is 0 Å². The number of hydrogen-bond acceptors (Lipinski definition) is 3. The van der Waals surface area contributed by atoms with E-state index in [9.17, 15) is 22.8 Å². The molecule has 106 valence electrons. The van der Waals surface area contributed by atoms with E-state index in [1.165, 1.54) is 24.5 Å². The number of nitrogens with zero attached hydrogens (tertiary/aromatic N) is 2. The number of imide groups is 1. The minimum Gasteiger partial charge on any atom is -0.268 e. The van der Waals surface area contributed by atoms with E-state index in [0.29, 0.717) is 0 Å². The molecule has 0 N–H and O–H groups in total. The minimum absolute atomic E-state index is 0.0833. The van der Waals surface area contributed by atoms with E-state index < -0.39 is 23.6 Å². The molecule has 0 saturated heterocycles. The van der Waals surface area contributed by atoms with Crippen molar-refractivity contribution in [1.29, 1.82) is 0 Å². The Bertz CT molecular complexity index is 721. The molecule has 0 spiro atoms. The second-order valence-electron chi connectivity index (χ2n) is 4.42. The van der Waals surface area contributed by atoms with Crippen LogP contribution in [0, 0.1) is 0 Å². The summed E-state index contributed by atoms with van der Waals surface area (Å²) >= 11 is 0. The lowest BCUT2D eigenvalue weighted by atomic mass is 10.2. The molecular formula is C14H7F3N2O2. The fraction of sp³-hybridized carbons (Fsp3) is 0.0714. The van der Waals surface area contributed by atoms with Crippen LogP contribution in [0.5, 0.6) is 0 Å². The van der Waals surface area contributed by atoms with Gasteiger partial charge in [0.05, 0.1) is 22.4 Å². The van der Waals surface area contributed by atoms with Crippen molar-refractivity contribution in [3.63, 3.8) is 0 Å². The minimum atomic E-state index is -4.55. The molecule has 0 fully saturated rings. The molecule has 0 saturated carbocycles. The monoisotopic (exact) mass is 292 g/mol. The Hall–Kier alpha value is -2.70. The second-order valence-corrected chi connectivity index (χ2v) is 4.42. The Balaban J connectivity index is 2.08. The molecule has 21 heavy (non-hydrogen) atoms. The molecule has 2 amide bonds. The van der Waals surface area contributed by atoms with E-state index in [1.54, 1.807) is 0 Å². The molecule has 0 atom stereocenters. The van der Waals surface area contributed by atoms with Crippen LogP contribution in [0.3, 0.4) is 0 Å². The van der Waals surface area contributed by atoms with E-state index >= 15 is 0 Å². The number of alkyl halides is 3. The lowest BCUT2D eigenvalue weighted by Gasteiger charge is -2.15. The lowest BCUT2D eigenvalue weighted by Crippen LogP contribution is -2.29. The highest BCUT2D eigenvalue weighted by Gasteiger charge is 2.38. The summed E-state index contributed by atoms with van der Waals surface area (Å²) in [5.74, 6) is -1.33. The summed E-state index contributed by atoms with van der Waals surface area (Å²) in [7, 11) is 0. The van der Waals surface area contributed by atoms with Gasteiger partial charge in [-0.25, -0.2) is 4.90 Å². The van der Waals surface area contributed by atoms with Gasteiger partial charge in [0.25, 0.3) is 11.8 Å². The maximum absolute atomic E-state index is 12.7. The lowest BCUT2D eigenvalue weighted by molar-refractivity contribution is -0.137. The van der Waals surface area contributed by atoms with Crippen molar-refractivity contribution < 1.29 is 22.8 Å². The van der Waals surface area contributed by atoms with E-state index in [4.69, 9.17) is 0 Å². The smallest absolute Gasteiger partial charge is 0.268 e. The van der Waals surface area contributed by atoms with Gasteiger partial charge in [-0.1, -0.05) is 6.07 Å². The van der Waals surface area contributed by atoms with Crippen molar-refractivity contribution in [2.45, 2.75) is 6.18 Å². The number of fused-ring (bicyclic) bond motifs is 1. The number of rotatable bonds is 1. The van der Waals surface area contributed by atoms with E-state index in [0.717, 1.165) is 23.1 Å². The van der Waals surface area contributed by atoms with Crippen molar-refractivity contribution in [3.8, 4) is 0 Å². The van der Waals surface area contributed by atoms with Gasteiger partial charge in [-0.3, -0.25) is 14.6 Å². The molecule has 2 aromatic rings. The molecule has 1 aromatic carbocycles. The van der Waals surface area contributed by atoms with Gasteiger partial charge in [-0.05, 0) is 24.3 Å². The first-order valence-corrected chi connectivity index (χ1v) is 5.89. The molecule has 0 bridgehead atoms. The number of hydrogen-bond donors (Lipinski definition) is 0. The van der Waals surface area contributed by atoms with Gasteiger partial charge in [0.1, 0.15) is 0 Å². The molecular weight excluding hydrogens is 285 g/mol. The van der Waals surface area contributed by atoms with Gasteiger partial charge in [0.15, 0.2) is 0 Å². The largest absolute Gasteiger partial charge is 0.416 e. The van der Waals surface area contributed by atoms with Crippen LogP contribution >= 0.6 is 0 Å². The number of carbonyl (C=O) groups excluding carboxylic acids is 2. The van der Waals surface area contributed by atoms with Crippen molar-refractivity contribution in [3.05, 3.63) is 59.4 Å². The SMILES string of the molecule is O=C1c2ccncc2C(=O)N1c1cccc(C(F)(F)F)c1. The second kappa shape index (κ2) is 4.41. The molecule has 0 aliphatic carbocycles. The molecule has 1 aromatic heterocycles. The first-order chi connectivity index (χ1) is 9.89. The van der Waals surface area contributed by atoms with Crippen molar-refractivity contribution in [2.75, 3.05) is 4.90 Å². The Kier molecular flexibility index (Phi) is 2.79. The average molecular weight is 292 g/mol. The third-order valence-corrected chi connectivity index (χ3v) is 3.12. The Morgan fingerprint density at radius 2 is 1.71 bits per heavy atom. The van der Waals surface area contributed by atoms with Gasteiger partial charge in [0.2, 0.25) is 0 Å². The van der Waals surface area contributed by atoms with Crippen LogP contribution in [-0.4, -0.2) is 16.8 Å². The molecule has 3 rings (SSSR count). The quantitative estimate of drug-likeness (QED) is 0.759. The maximum atomic E-state index is 12.7. The molecule has 4 nitrogen and oxygen atoms in total. The third-order valence-electron chi connectivity index (χ3n) is 3.12. The normalized spacial score (nSPS) is 14.5. The number of aromatic nitrogens is 1. The van der Waals surface area contributed by atoms with Gasteiger partial charge in [-0.2, -0.15) is 13.2 Å². The van der Waals surface area contributed by atoms with Gasteiger partial charge in [0, 0.05) is 12.4 Å². The Morgan fingerprint density at radius 1 is 1.00 bits per heavy atom. The molecule has 0 unspecified atom stereocenters. The molecule has 1 aliphatic heterocycles. The van der Waals surface area contributed by atoms with Gasteiger partial charge in [-0.15, -0.1) is 0 Å². The van der Waals surface area contributed by atoms with Crippen LogP contribution < -0.4 is 4.90 Å². The number of carbonyl (C=O) groups is 2. The Morgan fingerprint density at radius 3 is 2.38 bits per heavy atom. The third kappa shape index (κ3) is 2.06. The highest BCUT2D eigenvalue weighted by atomic mass is 19.4. The summed E-state index contributed by atoms with van der Waals surface area (Å²) in [4.78, 5) is 28.8. The maximum Gasteiger partial charge on any atom is 0.416 e. The van der Waals surface area contributed by atoms with Crippen molar-refractivity contribution in [1.82, 2.24) is 4.98 Å². The van der Waals surface area contributed by atoms with Crippen LogP contribution in [-0.2, 0) is 6.18 Å². The fourth-order valence-electron chi connectivity index (χ4n) is 2.14. The topological polar surface area (TPSA) is 50.3 Å². The van der Waals surface area contributed by atoms with Crippen molar-refractivity contribution in [2.24, 2.45) is 0 Å². The first kappa shape index (κ1) is 13.3. The average Bonchev–Trinajstić information content (AvgIpc) is 2.71. The zero-order chi connectivity index (χ0) is 15.2. The molecule has 2 heterocycles. The van der Waals surface area contributed by atoms with Crippen LogP contribution in [0.15, 0.2) is 42.7 Å². The summed E-state index contributed by atoms with van der Waals surface area (Å²) in [6.45, 7) is 0. The number of pyridine rings is 1. The highest BCUT2D eigenvalue weighted by Crippen LogP contribution is 2.34. The zero-order valence-electron chi connectivity index (χ0n) is 10.4.